The minimum Gasteiger partial charge on any atom is -0.452 e. The largest absolute Gasteiger partial charge is 0.452 e. The number of primary amides is 1. The number of likely N-dealkylation sites (tertiary alicyclic amines) is 1. The molecule has 0 bridgehead atoms. The molecule has 7 nitrogen and oxygen atoms in total. The molecule has 0 spiro atoms. The summed E-state index contributed by atoms with van der Waals surface area (Å²) in [7, 11) is 1.85. The van der Waals surface area contributed by atoms with Gasteiger partial charge in [0.1, 0.15) is 0 Å². The van der Waals surface area contributed by atoms with Gasteiger partial charge < -0.3 is 19.9 Å². The Morgan fingerprint density at radius 3 is 2.56 bits per heavy atom. The smallest absolute Gasteiger partial charge is 0.340 e. The van der Waals surface area contributed by atoms with Crippen molar-refractivity contribution in [1.29, 1.82) is 0 Å². The predicted octanol–water partition coefficient (Wildman–Crippen LogP) is 1.06. The van der Waals surface area contributed by atoms with Crippen LogP contribution < -0.4 is 5.73 Å². The molecule has 1 aliphatic rings. The second kappa shape index (κ2) is 6.96. The van der Waals surface area contributed by atoms with Crippen molar-refractivity contribution in [2.75, 3.05) is 19.7 Å². The third-order valence-corrected chi connectivity index (χ3v) is 4.69. The van der Waals surface area contributed by atoms with Crippen LogP contribution in [0.5, 0.6) is 0 Å². The zero-order valence-electron chi connectivity index (χ0n) is 14.1. The van der Waals surface area contributed by atoms with Crippen LogP contribution in [0.1, 0.15) is 23.2 Å². The van der Waals surface area contributed by atoms with Gasteiger partial charge in [0.15, 0.2) is 6.61 Å². The van der Waals surface area contributed by atoms with Gasteiger partial charge in [-0.25, -0.2) is 4.79 Å². The Balaban J connectivity index is 1.59. The molecule has 25 heavy (non-hydrogen) atoms. The summed E-state index contributed by atoms with van der Waals surface area (Å²) in [6.07, 6.45) is 2.81. The Hall–Kier alpha value is -2.83. The fraction of sp³-hybridized carbons (Fsp3) is 0.389. The zero-order chi connectivity index (χ0) is 18.0. The van der Waals surface area contributed by atoms with Gasteiger partial charge in [-0.15, -0.1) is 0 Å². The topological polar surface area (TPSA) is 94.6 Å². The van der Waals surface area contributed by atoms with E-state index in [1.165, 1.54) is 0 Å². The molecule has 1 aromatic heterocycles. The number of hydrogen-bond donors (Lipinski definition) is 1. The molecule has 132 valence electrons. The van der Waals surface area contributed by atoms with E-state index in [9.17, 15) is 14.4 Å². The molecular formula is C18H21N3O4. The van der Waals surface area contributed by atoms with Gasteiger partial charge in [-0.2, -0.15) is 0 Å². The first-order chi connectivity index (χ1) is 12.0. The molecule has 2 N–H and O–H groups in total. The van der Waals surface area contributed by atoms with E-state index >= 15 is 0 Å². The van der Waals surface area contributed by atoms with Crippen molar-refractivity contribution < 1.29 is 19.1 Å². The first-order valence-electron chi connectivity index (χ1n) is 8.25. The van der Waals surface area contributed by atoms with Crippen LogP contribution in [0.2, 0.25) is 0 Å². The number of fused-ring (bicyclic) bond motifs is 1. The Bertz CT molecular complexity index is 819. The van der Waals surface area contributed by atoms with Crippen molar-refractivity contribution in [1.82, 2.24) is 9.47 Å². The minimum atomic E-state index is -0.517. The first-order valence-corrected chi connectivity index (χ1v) is 8.25. The SMILES string of the molecule is Cn1cc(C(=O)OCC(=O)N2CCC(C(N)=O)CC2)c2ccccc21. The van der Waals surface area contributed by atoms with Crippen molar-refractivity contribution in [3.05, 3.63) is 36.0 Å². The third kappa shape index (κ3) is 3.50. The summed E-state index contributed by atoms with van der Waals surface area (Å²) in [4.78, 5) is 37.3. The lowest BCUT2D eigenvalue weighted by molar-refractivity contribution is -0.137. The van der Waals surface area contributed by atoms with Crippen molar-refractivity contribution in [3.63, 3.8) is 0 Å². The minimum absolute atomic E-state index is 0.178. The number of nitrogens with two attached hydrogens (primary N) is 1. The molecule has 2 amide bonds. The highest BCUT2D eigenvalue weighted by Crippen LogP contribution is 2.21. The van der Waals surface area contributed by atoms with Gasteiger partial charge >= 0.3 is 5.97 Å². The van der Waals surface area contributed by atoms with E-state index in [2.05, 4.69) is 0 Å². The van der Waals surface area contributed by atoms with E-state index in [1.807, 2.05) is 35.9 Å². The van der Waals surface area contributed by atoms with Crippen LogP contribution in [-0.2, 0) is 21.4 Å². The third-order valence-electron chi connectivity index (χ3n) is 4.69. The normalized spacial score (nSPS) is 15.3. The lowest BCUT2D eigenvalue weighted by atomic mass is 9.96. The number of amides is 2. The van der Waals surface area contributed by atoms with Crippen LogP contribution in [0.15, 0.2) is 30.5 Å². The van der Waals surface area contributed by atoms with Gasteiger partial charge in [0.2, 0.25) is 5.91 Å². The highest BCUT2D eigenvalue weighted by Gasteiger charge is 2.26. The first kappa shape index (κ1) is 17.0. The maximum Gasteiger partial charge on any atom is 0.340 e. The van der Waals surface area contributed by atoms with E-state index in [-0.39, 0.29) is 24.3 Å². The molecule has 1 saturated heterocycles. The molecule has 2 aromatic rings. The molecular weight excluding hydrogens is 322 g/mol. The zero-order valence-corrected chi connectivity index (χ0v) is 14.1. The number of piperidine rings is 1. The maximum absolute atomic E-state index is 12.3. The maximum atomic E-state index is 12.3. The van der Waals surface area contributed by atoms with E-state index < -0.39 is 5.97 Å². The number of ether oxygens (including phenoxy) is 1. The van der Waals surface area contributed by atoms with Crippen molar-refractivity contribution >= 4 is 28.7 Å². The summed E-state index contributed by atoms with van der Waals surface area (Å²) < 4.78 is 7.05. The number of para-hydroxylation sites is 1. The lowest BCUT2D eigenvalue weighted by Gasteiger charge is -2.30. The van der Waals surface area contributed by atoms with Gasteiger partial charge in [-0.1, -0.05) is 18.2 Å². The highest BCUT2D eigenvalue weighted by atomic mass is 16.5. The second-order valence-electron chi connectivity index (χ2n) is 6.30. The average Bonchev–Trinajstić information content (AvgIpc) is 2.97. The monoisotopic (exact) mass is 343 g/mol. The van der Waals surface area contributed by atoms with Gasteiger partial charge in [0, 0.05) is 43.2 Å². The Morgan fingerprint density at radius 2 is 1.88 bits per heavy atom. The molecule has 0 saturated carbocycles. The van der Waals surface area contributed by atoms with E-state index in [4.69, 9.17) is 10.5 Å². The molecule has 0 atom stereocenters. The number of rotatable bonds is 4. The van der Waals surface area contributed by atoms with Gasteiger partial charge in [0.05, 0.1) is 5.56 Å². The van der Waals surface area contributed by atoms with Crippen molar-refractivity contribution in [3.8, 4) is 0 Å². The van der Waals surface area contributed by atoms with Crippen LogP contribution in [0.3, 0.4) is 0 Å². The molecule has 7 heteroatoms. The standard InChI is InChI=1S/C18H21N3O4/c1-20-10-14(13-4-2-3-5-15(13)20)18(24)25-11-16(22)21-8-6-12(7-9-21)17(19)23/h2-5,10,12H,6-9,11H2,1H3,(H2,19,23). The molecule has 1 aliphatic heterocycles. The van der Waals surface area contributed by atoms with Gasteiger partial charge in [-0.05, 0) is 18.9 Å². The summed E-state index contributed by atoms with van der Waals surface area (Å²) in [5.41, 5.74) is 6.65. The Morgan fingerprint density at radius 1 is 1.20 bits per heavy atom. The van der Waals surface area contributed by atoms with Crippen LogP contribution in [0.25, 0.3) is 10.9 Å². The number of aryl methyl sites for hydroxylation is 1. The fourth-order valence-corrected chi connectivity index (χ4v) is 3.21. The van der Waals surface area contributed by atoms with Crippen LogP contribution in [0.4, 0.5) is 0 Å². The van der Waals surface area contributed by atoms with E-state index in [0.717, 1.165) is 10.9 Å². The number of carbonyl (C=O) groups excluding carboxylic acids is 3. The molecule has 1 fully saturated rings. The van der Waals surface area contributed by atoms with Crippen molar-refractivity contribution in [2.45, 2.75) is 12.8 Å². The number of hydrogen-bond acceptors (Lipinski definition) is 4. The Kier molecular flexibility index (Phi) is 4.74. The molecule has 0 unspecified atom stereocenters. The predicted molar refractivity (Wildman–Crippen MR) is 91.7 cm³/mol. The molecule has 0 aliphatic carbocycles. The number of aromatic nitrogens is 1. The molecule has 3 rings (SSSR count). The van der Waals surface area contributed by atoms with Gasteiger partial charge in [0.25, 0.3) is 5.91 Å². The summed E-state index contributed by atoms with van der Waals surface area (Å²) in [5.74, 6) is -1.27. The number of esters is 1. The summed E-state index contributed by atoms with van der Waals surface area (Å²) in [5, 5.41) is 0.796. The van der Waals surface area contributed by atoms with Crippen molar-refractivity contribution in [2.24, 2.45) is 18.7 Å². The average molecular weight is 343 g/mol. The summed E-state index contributed by atoms with van der Waals surface area (Å²) >= 11 is 0. The van der Waals surface area contributed by atoms with Crippen LogP contribution in [0, 0.1) is 5.92 Å². The second-order valence-corrected chi connectivity index (χ2v) is 6.30. The summed E-state index contributed by atoms with van der Waals surface area (Å²) in [6, 6.07) is 7.52. The van der Waals surface area contributed by atoms with Crippen LogP contribution >= 0.6 is 0 Å². The quantitative estimate of drug-likeness (QED) is 0.840. The fourth-order valence-electron chi connectivity index (χ4n) is 3.21. The number of carbonyl (C=O) groups is 3. The lowest BCUT2D eigenvalue weighted by Crippen LogP contribution is -2.43. The molecule has 1 aromatic carbocycles. The number of nitrogens with zero attached hydrogens (tertiary/aromatic N) is 2. The van der Waals surface area contributed by atoms with Gasteiger partial charge in [-0.3, -0.25) is 9.59 Å². The van der Waals surface area contributed by atoms with E-state index in [0.29, 0.717) is 31.5 Å². The number of benzene rings is 1. The van der Waals surface area contributed by atoms with E-state index in [1.54, 1.807) is 11.1 Å². The van der Waals surface area contributed by atoms with Crippen LogP contribution in [-0.4, -0.2) is 46.9 Å². The molecule has 0 radical (unpaired) electrons. The molecule has 2 heterocycles. The summed E-state index contributed by atoms with van der Waals surface area (Å²) in [6.45, 7) is 0.611. The highest BCUT2D eigenvalue weighted by molar-refractivity contribution is 6.04. The Labute approximate surface area is 145 Å².